The maximum Gasteiger partial charge on any atom is 0.335 e. The van der Waals surface area contributed by atoms with E-state index in [0.29, 0.717) is 17.4 Å². The van der Waals surface area contributed by atoms with E-state index in [1.165, 1.54) is 17.9 Å². The number of nitrogens with zero attached hydrogens (tertiary/aromatic N) is 2. The summed E-state index contributed by atoms with van der Waals surface area (Å²) >= 11 is 2.00. The van der Waals surface area contributed by atoms with Crippen molar-refractivity contribution in [2.24, 2.45) is 5.92 Å². The second-order valence-electron chi connectivity index (χ2n) is 5.97. The maximum absolute atomic E-state index is 11.2. The predicted molar refractivity (Wildman–Crippen MR) is 86.2 cm³/mol. The Morgan fingerprint density at radius 1 is 1.52 bits per heavy atom. The van der Waals surface area contributed by atoms with E-state index in [1.807, 2.05) is 17.8 Å². The molecule has 0 bridgehead atoms. The number of thioether (sulfide) groups is 1. The fraction of sp³-hybridized carbons (Fsp3) is 0.500. The molecule has 1 unspecified atom stereocenters. The SMILES string of the molecule is CC(C)c1nc2ccc(C(=O)O)cc2n1CC1CCSC1. The van der Waals surface area contributed by atoms with E-state index in [2.05, 4.69) is 18.4 Å². The molecule has 0 radical (unpaired) electrons. The van der Waals surface area contributed by atoms with Gasteiger partial charge in [-0.2, -0.15) is 11.8 Å². The van der Waals surface area contributed by atoms with E-state index in [0.717, 1.165) is 23.4 Å². The maximum atomic E-state index is 11.2. The Kier molecular flexibility index (Phi) is 3.93. The lowest BCUT2D eigenvalue weighted by Gasteiger charge is -2.15. The van der Waals surface area contributed by atoms with E-state index >= 15 is 0 Å². The lowest BCUT2D eigenvalue weighted by molar-refractivity contribution is 0.0697. The van der Waals surface area contributed by atoms with Gasteiger partial charge in [-0.15, -0.1) is 0 Å². The molecular formula is C16H20N2O2S. The molecule has 112 valence electrons. The molecule has 4 nitrogen and oxygen atoms in total. The number of hydrogen-bond donors (Lipinski definition) is 1. The first-order valence-electron chi connectivity index (χ1n) is 7.37. The van der Waals surface area contributed by atoms with Crippen molar-refractivity contribution < 1.29 is 9.90 Å². The van der Waals surface area contributed by atoms with Crippen LogP contribution < -0.4 is 0 Å². The molecule has 1 aliphatic heterocycles. The molecule has 1 N–H and O–H groups in total. The standard InChI is InChI=1S/C16H20N2O2S/c1-10(2)15-17-13-4-3-12(16(19)20)7-14(13)18(15)8-11-5-6-21-9-11/h3-4,7,10-11H,5-6,8-9H2,1-2H3,(H,19,20). The summed E-state index contributed by atoms with van der Waals surface area (Å²) in [5.74, 6) is 3.60. The number of benzene rings is 1. The minimum Gasteiger partial charge on any atom is -0.478 e. The smallest absolute Gasteiger partial charge is 0.335 e. The van der Waals surface area contributed by atoms with Crippen LogP contribution >= 0.6 is 11.8 Å². The van der Waals surface area contributed by atoms with Crippen molar-refractivity contribution >= 4 is 28.8 Å². The van der Waals surface area contributed by atoms with Gasteiger partial charge in [-0.1, -0.05) is 13.8 Å². The summed E-state index contributed by atoms with van der Waals surface area (Å²) < 4.78 is 2.24. The molecule has 5 heteroatoms. The Morgan fingerprint density at radius 3 is 2.95 bits per heavy atom. The Balaban J connectivity index is 2.09. The lowest BCUT2D eigenvalue weighted by atomic mass is 10.1. The zero-order valence-corrected chi connectivity index (χ0v) is 13.2. The summed E-state index contributed by atoms with van der Waals surface area (Å²) in [7, 11) is 0. The van der Waals surface area contributed by atoms with Gasteiger partial charge >= 0.3 is 5.97 Å². The van der Waals surface area contributed by atoms with Crippen LogP contribution in [0.25, 0.3) is 11.0 Å². The highest BCUT2D eigenvalue weighted by atomic mass is 32.2. The summed E-state index contributed by atoms with van der Waals surface area (Å²) in [4.78, 5) is 15.9. The molecule has 1 aromatic heterocycles. The zero-order chi connectivity index (χ0) is 15.0. The first kappa shape index (κ1) is 14.4. The van der Waals surface area contributed by atoms with Crippen LogP contribution in [0, 0.1) is 5.92 Å². The number of rotatable bonds is 4. The van der Waals surface area contributed by atoms with E-state index in [4.69, 9.17) is 4.98 Å². The highest BCUT2D eigenvalue weighted by Gasteiger charge is 2.21. The number of carbonyl (C=O) groups is 1. The summed E-state index contributed by atoms with van der Waals surface area (Å²) in [6, 6.07) is 5.22. The van der Waals surface area contributed by atoms with Crippen molar-refractivity contribution in [3.05, 3.63) is 29.6 Å². The molecule has 1 fully saturated rings. The third kappa shape index (κ3) is 2.79. The number of aromatic nitrogens is 2. The van der Waals surface area contributed by atoms with Gasteiger partial charge in [-0.05, 0) is 42.0 Å². The fourth-order valence-corrected chi connectivity index (χ4v) is 4.16. The largest absolute Gasteiger partial charge is 0.478 e. The third-order valence-electron chi connectivity index (χ3n) is 4.01. The molecule has 0 amide bonds. The Labute approximate surface area is 128 Å². The summed E-state index contributed by atoms with van der Waals surface area (Å²) in [6.45, 7) is 5.22. The van der Waals surface area contributed by atoms with Crippen LogP contribution in [-0.2, 0) is 6.54 Å². The summed E-state index contributed by atoms with van der Waals surface area (Å²) in [5.41, 5.74) is 2.18. The van der Waals surface area contributed by atoms with E-state index in [-0.39, 0.29) is 0 Å². The van der Waals surface area contributed by atoms with Crippen LogP contribution in [0.15, 0.2) is 18.2 Å². The molecule has 1 aromatic carbocycles. The number of carboxylic acid groups (broad SMARTS) is 1. The van der Waals surface area contributed by atoms with Gasteiger partial charge in [0.05, 0.1) is 16.6 Å². The van der Waals surface area contributed by atoms with Gasteiger partial charge in [-0.3, -0.25) is 0 Å². The molecule has 2 aromatic rings. The van der Waals surface area contributed by atoms with Gasteiger partial charge in [0.25, 0.3) is 0 Å². The second kappa shape index (κ2) is 5.72. The number of aromatic carboxylic acids is 1. The topological polar surface area (TPSA) is 55.1 Å². The van der Waals surface area contributed by atoms with Gasteiger partial charge in [0, 0.05) is 12.5 Å². The van der Waals surface area contributed by atoms with Crippen molar-refractivity contribution in [3.8, 4) is 0 Å². The highest BCUT2D eigenvalue weighted by molar-refractivity contribution is 7.99. The second-order valence-corrected chi connectivity index (χ2v) is 7.12. The van der Waals surface area contributed by atoms with Crippen LogP contribution in [0.3, 0.4) is 0 Å². The quantitative estimate of drug-likeness (QED) is 0.937. The summed E-state index contributed by atoms with van der Waals surface area (Å²) in [5, 5.41) is 9.20. The third-order valence-corrected chi connectivity index (χ3v) is 5.24. The molecule has 0 spiro atoms. The van der Waals surface area contributed by atoms with Crippen LogP contribution in [0.5, 0.6) is 0 Å². The minimum atomic E-state index is -0.882. The number of hydrogen-bond acceptors (Lipinski definition) is 3. The molecule has 0 aliphatic carbocycles. The average molecular weight is 304 g/mol. The van der Waals surface area contributed by atoms with E-state index in [9.17, 15) is 9.90 Å². The van der Waals surface area contributed by atoms with Gasteiger partial charge in [-0.25, -0.2) is 9.78 Å². The average Bonchev–Trinajstić information content (AvgIpc) is 3.06. The van der Waals surface area contributed by atoms with Gasteiger partial charge < -0.3 is 9.67 Å². The van der Waals surface area contributed by atoms with Crippen LogP contribution in [0.4, 0.5) is 0 Å². The minimum absolute atomic E-state index is 0.333. The van der Waals surface area contributed by atoms with Crippen LogP contribution in [0.2, 0.25) is 0 Å². The van der Waals surface area contributed by atoms with Crippen LogP contribution in [-0.4, -0.2) is 32.1 Å². The molecule has 21 heavy (non-hydrogen) atoms. The van der Waals surface area contributed by atoms with Crippen molar-refractivity contribution in [1.82, 2.24) is 9.55 Å². The first-order valence-corrected chi connectivity index (χ1v) is 8.53. The highest BCUT2D eigenvalue weighted by Crippen LogP contribution is 2.29. The van der Waals surface area contributed by atoms with Crippen LogP contribution in [0.1, 0.15) is 42.4 Å². The van der Waals surface area contributed by atoms with Gasteiger partial charge in [0.15, 0.2) is 0 Å². The van der Waals surface area contributed by atoms with Crippen molar-refractivity contribution in [3.63, 3.8) is 0 Å². The molecule has 2 heterocycles. The van der Waals surface area contributed by atoms with E-state index < -0.39 is 5.97 Å². The number of fused-ring (bicyclic) bond motifs is 1. The van der Waals surface area contributed by atoms with Gasteiger partial charge in [0.1, 0.15) is 5.82 Å². The molecule has 1 atom stereocenters. The predicted octanol–water partition coefficient (Wildman–Crippen LogP) is 3.61. The molecular weight excluding hydrogens is 284 g/mol. The van der Waals surface area contributed by atoms with Gasteiger partial charge in [0.2, 0.25) is 0 Å². The summed E-state index contributed by atoms with van der Waals surface area (Å²) in [6.07, 6.45) is 1.24. The lowest BCUT2D eigenvalue weighted by Crippen LogP contribution is -2.13. The number of carboxylic acids is 1. The first-order chi connectivity index (χ1) is 10.1. The Bertz CT molecular complexity index is 672. The molecule has 1 aliphatic rings. The van der Waals surface area contributed by atoms with Crippen molar-refractivity contribution in [2.75, 3.05) is 11.5 Å². The zero-order valence-electron chi connectivity index (χ0n) is 12.4. The molecule has 3 rings (SSSR count). The Morgan fingerprint density at radius 2 is 2.33 bits per heavy atom. The molecule has 1 saturated heterocycles. The fourth-order valence-electron chi connectivity index (χ4n) is 2.89. The Hall–Kier alpha value is -1.49. The van der Waals surface area contributed by atoms with E-state index in [1.54, 1.807) is 12.1 Å². The van der Waals surface area contributed by atoms with Crippen molar-refractivity contribution in [1.29, 1.82) is 0 Å². The number of imidazole rings is 1. The normalized spacial score (nSPS) is 18.7. The van der Waals surface area contributed by atoms with Crippen molar-refractivity contribution in [2.45, 2.75) is 32.7 Å². The monoisotopic (exact) mass is 304 g/mol. The molecule has 0 saturated carbocycles.